The number of hydrogen-bond donors (Lipinski definition) is 1. The lowest BCUT2D eigenvalue weighted by Gasteiger charge is -2.10. The minimum absolute atomic E-state index is 0.656. The molecule has 1 fully saturated rings. The Morgan fingerprint density at radius 2 is 1.75 bits per heavy atom. The Kier molecular flexibility index (Phi) is 4.46. The molecule has 0 spiro atoms. The average Bonchev–Trinajstić information content (AvgIpc) is 3.42. The molecule has 1 saturated heterocycles. The predicted molar refractivity (Wildman–Crippen MR) is 116 cm³/mol. The monoisotopic (exact) mass is 367 g/mol. The maximum atomic E-state index is 4.89. The normalized spacial score (nSPS) is 16.7. The molecule has 0 saturated carbocycles. The molecule has 4 aromatic rings. The highest BCUT2D eigenvalue weighted by molar-refractivity contribution is 5.88. The summed E-state index contributed by atoms with van der Waals surface area (Å²) in [6.07, 6.45) is 2.17. The Morgan fingerprint density at radius 3 is 2.46 bits per heavy atom. The fourth-order valence-corrected chi connectivity index (χ4v) is 4.27. The van der Waals surface area contributed by atoms with Crippen LogP contribution in [0, 0.1) is 0 Å². The van der Waals surface area contributed by atoms with Crippen molar-refractivity contribution in [2.24, 2.45) is 0 Å². The molecule has 28 heavy (non-hydrogen) atoms. The van der Waals surface area contributed by atoms with E-state index in [0.717, 1.165) is 30.9 Å². The summed E-state index contributed by atoms with van der Waals surface area (Å²) in [5.41, 5.74) is 7.36. The van der Waals surface area contributed by atoms with Gasteiger partial charge in [0.25, 0.3) is 0 Å². The standard InChI is InChI=1S/C25H25N3/c1-2-24-23-13-12-20(16-25(23)28(27-24)22-6-4-3-5-7-22)18-8-10-19(11-9-18)21-14-15-26-17-21/h3-13,16,21,26H,2,14-15,17H2,1H3. The summed E-state index contributed by atoms with van der Waals surface area (Å²) in [5, 5.41) is 9.59. The number of nitrogens with zero attached hydrogens (tertiary/aromatic N) is 2. The van der Waals surface area contributed by atoms with Crippen molar-refractivity contribution >= 4 is 10.9 Å². The molecule has 1 aromatic heterocycles. The van der Waals surface area contributed by atoms with Crippen LogP contribution in [-0.2, 0) is 6.42 Å². The second kappa shape index (κ2) is 7.25. The molecule has 1 atom stereocenters. The zero-order chi connectivity index (χ0) is 18.9. The molecule has 1 aliphatic heterocycles. The fourth-order valence-electron chi connectivity index (χ4n) is 4.27. The third kappa shape index (κ3) is 3.02. The van der Waals surface area contributed by atoms with E-state index in [1.165, 1.54) is 34.0 Å². The number of para-hydroxylation sites is 1. The summed E-state index contributed by atoms with van der Waals surface area (Å²) >= 11 is 0. The fraction of sp³-hybridized carbons (Fsp3) is 0.240. The van der Waals surface area contributed by atoms with E-state index in [4.69, 9.17) is 5.10 Å². The Morgan fingerprint density at radius 1 is 0.964 bits per heavy atom. The topological polar surface area (TPSA) is 29.9 Å². The number of fused-ring (bicyclic) bond motifs is 1. The third-order valence-corrected chi connectivity index (χ3v) is 5.87. The molecule has 0 bridgehead atoms. The van der Waals surface area contributed by atoms with Crippen LogP contribution >= 0.6 is 0 Å². The van der Waals surface area contributed by atoms with Crippen molar-refractivity contribution in [3.8, 4) is 16.8 Å². The van der Waals surface area contributed by atoms with Gasteiger partial charge in [0.05, 0.1) is 16.9 Å². The first kappa shape index (κ1) is 17.2. The summed E-state index contributed by atoms with van der Waals surface area (Å²) in [6.45, 7) is 4.40. The number of hydrogen-bond acceptors (Lipinski definition) is 2. The molecule has 1 N–H and O–H groups in total. The maximum absolute atomic E-state index is 4.89. The lowest BCUT2D eigenvalue weighted by molar-refractivity contribution is 0.763. The van der Waals surface area contributed by atoms with Crippen LogP contribution < -0.4 is 5.32 Å². The smallest absolute Gasteiger partial charge is 0.0750 e. The van der Waals surface area contributed by atoms with E-state index in [1.54, 1.807) is 0 Å². The summed E-state index contributed by atoms with van der Waals surface area (Å²) < 4.78 is 2.08. The van der Waals surface area contributed by atoms with Gasteiger partial charge in [-0.15, -0.1) is 0 Å². The minimum atomic E-state index is 0.656. The molecule has 3 aromatic carbocycles. The van der Waals surface area contributed by atoms with Gasteiger partial charge in [-0.3, -0.25) is 0 Å². The van der Waals surface area contributed by atoms with Crippen LogP contribution in [0.15, 0.2) is 72.8 Å². The summed E-state index contributed by atoms with van der Waals surface area (Å²) in [4.78, 5) is 0. The van der Waals surface area contributed by atoms with Gasteiger partial charge in [-0.05, 0) is 60.2 Å². The van der Waals surface area contributed by atoms with Crippen molar-refractivity contribution in [3.63, 3.8) is 0 Å². The highest BCUT2D eigenvalue weighted by Gasteiger charge is 2.16. The van der Waals surface area contributed by atoms with Crippen LogP contribution in [0.5, 0.6) is 0 Å². The van der Waals surface area contributed by atoms with E-state index in [1.807, 2.05) is 6.07 Å². The second-order valence-corrected chi connectivity index (χ2v) is 7.59. The first-order valence-electron chi connectivity index (χ1n) is 10.2. The lowest BCUT2D eigenvalue weighted by atomic mass is 9.95. The van der Waals surface area contributed by atoms with Crippen LogP contribution in [0.4, 0.5) is 0 Å². The van der Waals surface area contributed by atoms with E-state index in [2.05, 4.69) is 83.7 Å². The molecule has 0 amide bonds. The van der Waals surface area contributed by atoms with Crippen LogP contribution in [-0.4, -0.2) is 22.9 Å². The molecule has 1 aliphatic rings. The molecule has 3 heteroatoms. The van der Waals surface area contributed by atoms with Crippen molar-refractivity contribution in [2.75, 3.05) is 13.1 Å². The summed E-state index contributed by atoms with van der Waals surface area (Å²) in [6, 6.07) is 26.2. The van der Waals surface area contributed by atoms with Crippen molar-refractivity contribution in [3.05, 3.63) is 84.1 Å². The Labute approximate surface area is 166 Å². The van der Waals surface area contributed by atoms with Gasteiger partial charge in [0.2, 0.25) is 0 Å². The first-order chi connectivity index (χ1) is 13.8. The van der Waals surface area contributed by atoms with Gasteiger partial charge >= 0.3 is 0 Å². The molecule has 1 unspecified atom stereocenters. The predicted octanol–water partition coefficient (Wildman–Crippen LogP) is 5.33. The van der Waals surface area contributed by atoms with Crippen LogP contribution in [0.25, 0.3) is 27.7 Å². The number of nitrogens with one attached hydrogen (secondary N) is 1. The van der Waals surface area contributed by atoms with Crippen molar-refractivity contribution in [1.29, 1.82) is 0 Å². The number of aryl methyl sites for hydroxylation is 1. The molecule has 140 valence electrons. The van der Waals surface area contributed by atoms with Crippen LogP contribution in [0.3, 0.4) is 0 Å². The highest BCUT2D eigenvalue weighted by Crippen LogP contribution is 2.30. The van der Waals surface area contributed by atoms with E-state index >= 15 is 0 Å². The second-order valence-electron chi connectivity index (χ2n) is 7.59. The Bertz CT molecular complexity index is 1090. The third-order valence-electron chi connectivity index (χ3n) is 5.87. The maximum Gasteiger partial charge on any atom is 0.0750 e. The summed E-state index contributed by atoms with van der Waals surface area (Å²) in [7, 11) is 0. The number of rotatable bonds is 4. The van der Waals surface area contributed by atoms with Gasteiger partial charge in [0.1, 0.15) is 0 Å². The van der Waals surface area contributed by atoms with E-state index in [-0.39, 0.29) is 0 Å². The van der Waals surface area contributed by atoms with Crippen molar-refractivity contribution in [1.82, 2.24) is 15.1 Å². The quantitative estimate of drug-likeness (QED) is 0.528. The van der Waals surface area contributed by atoms with E-state index in [9.17, 15) is 0 Å². The zero-order valence-electron chi connectivity index (χ0n) is 16.2. The van der Waals surface area contributed by atoms with Gasteiger partial charge < -0.3 is 5.32 Å². The molecule has 5 rings (SSSR count). The van der Waals surface area contributed by atoms with Gasteiger partial charge in [-0.2, -0.15) is 5.10 Å². The number of benzene rings is 3. The SMILES string of the molecule is CCc1nn(-c2ccccc2)c2cc(-c3ccc(C4CCNC4)cc3)ccc12. The van der Waals surface area contributed by atoms with Crippen molar-refractivity contribution in [2.45, 2.75) is 25.7 Å². The van der Waals surface area contributed by atoms with Gasteiger partial charge in [-0.25, -0.2) is 4.68 Å². The zero-order valence-corrected chi connectivity index (χ0v) is 16.2. The average molecular weight is 367 g/mol. The van der Waals surface area contributed by atoms with Crippen molar-refractivity contribution < 1.29 is 0 Å². The molecule has 0 aliphatic carbocycles. The molecule has 3 nitrogen and oxygen atoms in total. The van der Waals surface area contributed by atoms with E-state index in [0.29, 0.717) is 5.92 Å². The molecule has 2 heterocycles. The highest BCUT2D eigenvalue weighted by atomic mass is 15.3. The number of aromatic nitrogens is 2. The Hall–Kier alpha value is -2.91. The van der Waals surface area contributed by atoms with Crippen LogP contribution in [0.1, 0.15) is 30.5 Å². The minimum Gasteiger partial charge on any atom is -0.316 e. The first-order valence-corrected chi connectivity index (χ1v) is 10.2. The van der Waals surface area contributed by atoms with E-state index < -0.39 is 0 Å². The Balaban J connectivity index is 1.57. The van der Waals surface area contributed by atoms with Gasteiger partial charge in [-0.1, -0.05) is 61.5 Å². The molecular weight excluding hydrogens is 342 g/mol. The largest absolute Gasteiger partial charge is 0.316 e. The van der Waals surface area contributed by atoms with Gasteiger partial charge in [0.15, 0.2) is 0 Å². The molecule has 0 radical (unpaired) electrons. The summed E-state index contributed by atoms with van der Waals surface area (Å²) in [5.74, 6) is 0.656. The lowest BCUT2D eigenvalue weighted by Crippen LogP contribution is -2.07. The molecular formula is C25H25N3. The van der Waals surface area contributed by atoms with Crippen LogP contribution in [0.2, 0.25) is 0 Å². The van der Waals surface area contributed by atoms with Gasteiger partial charge in [0, 0.05) is 11.9 Å².